The van der Waals surface area contributed by atoms with Gasteiger partial charge in [0, 0.05) is 30.3 Å². The van der Waals surface area contributed by atoms with Crippen LogP contribution >= 0.6 is 38.5 Å². The molecule has 1 fully saturated rings. The number of anilines is 1. The second-order valence-electron chi connectivity index (χ2n) is 9.99. The molecular weight excluding hydrogens is 710 g/mol. The van der Waals surface area contributed by atoms with E-state index >= 15 is 0 Å². The maximum absolute atomic E-state index is 13.8. The van der Waals surface area contributed by atoms with E-state index in [4.69, 9.17) is 0 Å². The molecule has 3 atom stereocenters. The van der Waals surface area contributed by atoms with Crippen LogP contribution in [0.4, 0.5) is 10.2 Å². The number of carbonyl (C=O) groups excluding carboxylic acids is 3. The van der Waals surface area contributed by atoms with Gasteiger partial charge in [-0.05, 0) is 59.8 Å². The Labute approximate surface area is 256 Å². The predicted molar refractivity (Wildman–Crippen MR) is 161 cm³/mol. The van der Waals surface area contributed by atoms with Crippen LogP contribution in [0.3, 0.4) is 0 Å². The molecule has 0 aromatic carbocycles. The SMILES string of the molecule is CC(=O)c1nn(CC(=O)N2[C@H](I)[C@@H](C)C[C@H]2C(=O)Nc2nc(Br)c(F)cc2C)c2cnc(-c3cnc(C)nc3)cc12. The van der Waals surface area contributed by atoms with Crippen LogP contribution in [0.2, 0.25) is 0 Å². The molecule has 0 aliphatic carbocycles. The van der Waals surface area contributed by atoms with Crippen molar-refractivity contribution in [3.8, 4) is 11.3 Å². The topological polar surface area (TPSA) is 136 Å². The minimum absolute atomic E-state index is 0.0172. The molecule has 4 aromatic rings. The molecule has 2 amide bonds. The van der Waals surface area contributed by atoms with Crippen molar-refractivity contribution in [2.75, 3.05) is 5.32 Å². The van der Waals surface area contributed by atoms with E-state index in [9.17, 15) is 18.8 Å². The highest BCUT2D eigenvalue weighted by Crippen LogP contribution is 2.35. The van der Waals surface area contributed by atoms with Crippen molar-refractivity contribution in [3.05, 3.63) is 58.2 Å². The number of pyridine rings is 2. The van der Waals surface area contributed by atoms with E-state index in [-0.39, 0.29) is 44.3 Å². The summed E-state index contributed by atoms with van der Waals surface area (Å²) >= 11 is 5.21. The number of ketones is 1. The number of carbonyl (C=O) groups is 3. The van der Waals surface area contributed by atoms with E-state index in [1.54, 1.807) is 43.4 Å². The highest BCUT2D eigenvalue weighted by molar-refractivity contribution is 14.1. The minimum Gasteiger partial charge on any atom is -0.317 e. The number of aryl methyl sites for hydroxylation is 2. The van der Waals surface area contributed by atoms with Gasteiger partial charge in [0.05, 0.1) is 21.5 Å². The van der Waals surface area contributed by atoms with Crippen molar-refractivity contribution in [2.45, 2.75) is 50.8 Å². The van der Waals surface area contributed by atoms with Crippen LogP contribution in [-0.4, -0.2) is 62.3 Å². The number of rotatable bonds is 6. The Morgan fingerprint density at radius 1 is 1.15 bits per heavy atom. The van der Waals surface area contributed by atoms with Crippen LogP contribution < -0.4 is 5.32 Å². The summed E-state index contributed by atoms with van der Waals surface area (Å²) in [6, 6.07) is 2.23. The second-order valence-corrected chi connectivity index (χ2v) is 12.0. The second kappa shape index (κ2) is 11.5. The van der Waals surface area contributed by atoms with Gasteiger partial charge in [-0.15, -0.1) is 0 Å². The number of halogens is 3. The molecule has 41 heavy (non-hydrogen) atoms. The molecule has 0 saturated carbocycles. The largest absolute Gasteiger partial charge is 0.317 e. The first kappa shape index (κ1) is 29.1. The minimum atomic E-state index is -0.773. The van der Waals surface area contributed by atoms with Gasteiger partial charge in [-0.3, -0.25) is 24.0 Å². The number of hydrogen-bond acceptors (Lipinski definition) is 8. The third-order valence-electron chi connectivity index (χ3n) is 6.95. The number of Topliss-reactive ketones (excluding diaryl/α,β-unsaturated/α-hetero) is 1. The van der Waals surface area contributed by atoms with Gasteiger partial charge in [-0.2, -0.15) is 5.10 Å². The van der Waals surface area contributed by atoms with Gasteiger partial charge in [0.1, 0.15) is 34.5 Å². The number of aromatic nitrogens is 6. The molecule has 14 heteroatoms. The van der Waals surface area contributed by atoms with Gasteiger partial charge in [0.2, 0.25) is 11.8 Å². The zero-order valence-corrected chi connectivity index (χ0v) is 26.3. The Bertz CT molecular complexity index is 1700. The molecule has 0 spiro atoms. The summed E-state index contributed by atoms with van der Waals surface area (Å²) in [5.41, 5.74) is 2.43. The van der Waals surface area contributed by atoms with E-state index < -0.39 is 17.8 Å². The normalized spacial score (nSPS) is 18.6. The summed E-state index contributed by atoms with van der Waals surface area (Å²) in [4.78, 5) is 58.2. The van der Waals surface area contributed by atoms with E-state index in [1.807, 2.05) is 6.92 Å². The number of likely N-dealkylation sites (tertiary alicyclic amines) is 1. The average molecular weight is 735 g/mol. The highest BCUT2D eigenvalue weighted by Gasteiger charge is 2.44. The Hall–Kier alpha value is -3.40. The van der Waals surface area contributed by atoms with E-state index in [0.717, 1.165) is 0 Å². The Balaban J connectivity index is 1.43. The number of nitrogens with zero attached hydrogens (tertiary/aromatic N) is 7. The predicted octanol–water partition coefficient (Wildman–Crippen LogP) is 4.64. The third kappa shape index (κ3) is 5.71. The van der Waals surface area contributed by atoms with Crippen molar-refractivity contribution in [2.24, 2.45) is 5.92 Å². The molecule has 0 unspecified atom stereocenters. The summed E-state index contributed by atoms with van der Waals surface area (Å²) in [5, 5.41) is 7.76. The van der Waals surface area contributed by atoms with Crippen LogP contribution in [0.25, 0.3) is 22.2 Å². The number of fused-ring (bicyclic) bond motifs is 1. The van der Waals surface area contributed by atoms with Gasteiger partial charge < -0.3 is 10.2 Å². The fourth-order valence-corrected chi connectivity index (χ4v) is 6.08. The first-order chi connectivity index (χ1) is 19.4. The van der Waals surface area contributed by atoms with Crippen LogP contribution in [0.15, 0.2) is 35.3 Å². The summed E-state index contributed by atoms with van der Waals surface area (Å²) in [6.45, 7) is 6.61. The summed E-state index contributed by atoms with van der Waals surface area (Å²) in [6.07, 6.45) is 5.31. The highest BCUT2D eigenvalue weighted by atomic mass is 127. The molecule has 5 heterocycles. The first-order valence-corrected chi connectivity index (χ1v) is 14.7. The molecule has 1 N–H and O–H groups in total. The van der Waals surface area contributed by atoms with Crippen molar-refractivity contribution >= 4 is 72.8 Å². The first-order valence-electron chi connectivity index (χ1n) is 12.7. The molecule has 212 valence electrons. The zero-order valence-electron chi connectivity index (χ0n) is 22.5. The molecule has 11 nitrogen and oxygen atoms in total. The van der Waals surface area contributed by atoms with Crippen molar-refractivity contribution in [1.82, 2.24) is 34.6 Å². The number of hydrogen-bond donors (Lipinski definition) is 1. The monoisotopic (exact) mass is 734 g/mol. The van der Waals surface area contributed by atoms with Gasteiger partial charge in [0.15, 0.2) is 11.6 Å². The Kier molecular flexibility index (Phi) is 8.14. The summed E-state index contributed by atoms with van der Waals surface area (Å²) < 4.78 is 15.0. The molecule has 1 aliphatic rings. The Morgan fingerprint density at radius 3 is 2.54 bits per heavy atom. The summed E-state index contributed by atoms with van der Waals surface area (Å²) in [7, 11) is 0. The number of amides is 2. The lowest BCUT2D eigenvalue weighted by Gasteiger charge is -2.27. The Morgan fingerprint density at radius 2 is 1.85 bits per heavy atom. The van der Waals surface area contributed by atoms with E-state index in [0.29, 0.717) is 40.0 Å². The maximum atomic E-state index is 13.8. The smallest absolute Gasteiger partial charge is 0.248 e. The molecule has 1 aliphatic heterocycles. The van der Waals surface area contributed by atoms with Crippen LogP contribution in [0, 0.1) is 25.6 Å². The summed E-state index contributed by atoms with van der Waals surface area (Å²) in [5.74, 6) is -0.679. The van der Waals surface area contributed by atoms with Crippen molar-refractivity contribution in [3.63, 3.8) is 0 Å². The number of nitrogens with one attached hydrogen (secondary N) is 1. The van der Waals surface area contributed by atoms with Gasteiger partial charge in [-0.1, -0.05) is 29.5 Å². The average Bonchev–Trinajstić information content (AvgIpc) is 3.44. The fraction of sp³-hybridized carbons (Fsp3) is 0.333. The standard InChI is InChI=1S/C27H25BrFIN8O3/c1-12-6-20(27(41)35-26-13(2)5-18(29)24(28)34-26)38(25(12)30)22(40)11-37-21-10-33-19(16-8-31-15(4)32-9-16)7-17(21)23(36-37)14(3)39/h5,7-10,12,20,25H,6,11H2,1-4H3,(H,34,35,41)/t12-,20-,25-/m0/s1. The van der Waals surface area contributed by atoms with E-state index in [2.05, 4.69) is 68.9 Å². The van der Waals surface area contributed by atoms with Crippen LogP contribution in [-0.2, 0) is 16.1 Å². The van der Waals surface area contributed by atoms with Gasteiger partial charge >= 0.3 is 0 Å². The zero-order chi connectivity index (χ0) is 29.6. The van der Waals surface area contributed by atoms with Crippen molar-refractivity contribution in [1.29, 1.82) is 0 Å². The van der Waals surface area contributed by atoms with Crippen molar-refractivity contribution < 1.29 is 18.8 Å². The number of alkyl halides is 1. The molecule has 4 aromatic heterocycles. The lowest BCUT2D eigenvalue weighted by molar-refractivity contribution is -0.137. The van der Waals surface area contributed by atoms with Crippen LogP contribution in [0.5, 0.6) is 0 Å². The van der Waals surface area contributed by atoms with Gasteiger partial charge in [0.25, 0.3) is 0 Å². The quantitative estimate of drug-likeness (QED) is 0.0996. The molecule has 0 bridgehead atoms. The molecule has 1 saturated heterocycles. The third-order valence-corrected chi connectivity index (χ3v) is 9.34. The van der Waals surface area contributed by atoms with Gasteiger partial charge in [-0.25, -0.2) is 19.3 Å². The molecule has 5 rings (SSSR count). The maximum Gasteiger partial charge on any atom is 0.248 e. The fourth-order valence-electron chi connectivity index (χ4n) is 4.80. The molecule has 0 radical (unpaired) electrons. The molecular formula is C27H25BrFIN8O3. The van der Waals surface area contributed by atoms with Crippen LogP contribution in [0.1, 0.15) is 42.1 Å². The lowest BCUT2D eigenvalue weighted by Crippen LogP contribution is -2.47. The lowest BCUT2D eigenvalue weighted by atomic mass is 10.1. The van der Waals surface area contributed by atoms with E-state index in [1.165, 1.54) is 17.7 Å².